The minimum atomic E-state index is -4.24. The molecule has 0 saturated carbocycles. The lowest BCUT2D eigenvalue weighted by Crippen LogP contribution is -2.54. The lowest BCUT2D eigenvalue weighted by atomic mass is 10.2. The fraction of sp³-hybridized carbons (Fsp3) is 0.333. The normalized spacial score (nSPS) is 18.0. The largest absolute Gasteiger partial charge is 0.500 e. The average molecular weight is 368 g/mol. The van der Waals surface area contributed by atoms with Crippen LogP contribution in [-0.4, -0.2) is 68.0 Å². The van der Waals surface area contributed by atoms with Crippen LogP contribution in [0.15, 0.2) is 24.3 Å². The molecule has 1 aromatic rings. The Hall–Kier alpha value is -2.75. The number of carbonyl (C=O) groups excluding carboxylic acids is 3. The van der Waals surface area contributed by atoms with E-state index in [1.54, 1.807) is 13.0 Å². The van der Waals surface area contributed by atoms with Gasteiger partial charge in [0.1, 0.15) is 6.21 Å². The van der Waals surface area contributed by atoms with Gasteiger partial charge in [-0.05, 0) is 19.1 Å². The summed E-state index contributed by atoms with van der Waals surface area (Å²) in [5, 5.41) is -1.60. The van der Waals surface area contributed by atoms with Crippen LogP contribution in [0.4, 0.5) is 10.5 Å². The summed E-state index contributed by atoms with van der Waals surface area (Å²) < 4.78 is 33.4. The number of anilines is 1. The molecule has 1 N–H and O–H groups in total. The molecule has 1 aliphatic rings. The first-order valence-corrected chi connectivity index (χ1v) is 8.90. The molecule has 0 aromatic heterocycles. The van der Waals surface area contributed by atoms with E-state index in [4.69, 9.17) is 4.74 Å². The van der Waals surface area contributed by atoms with E-state index in [0.29, 0.717) is 0 Å². The van der Waals surface area contributed by atoms with Crippen molar-refractivity contribution in [1.29, 1.82) is 0 Å². The van der Waals surface area contributed by atoms with Gasteiger partial charge in [-0.2, -0.15) is 9.69 Å². The molecule has 2 rings (SSSR count). The summed E-state index contributed by atoms with van der Waals surface area (Å²) in [4.78, 5) is 36.6. The predicted molar refractivity (Wildman–Crippen MR) is 89.1 cm³/mol. The van der Waals surface area contributed by atoms with Crippen LogP contribution in [0.1, 0.15) is 17.3 Å². The van der Waals surface area contributed by atoms with Gasteiger partial charge in [0.25, 0.3) is 10.0 Å². The number of nitrogens with one attached hydrogen (secondary N) is 1. The second-order valence-electron chi connectivity index (χ2n) is 5.27. The monoisotopic (exact) mass is 368 g/mol. The third kappa shape index (κ3) is 3.68. The maximum atomic E-state index is 12.6. The SMILES string of the molecule is CCOC(=O)c1ccccc1NS(=O)(=O)C1C=[N+](C)C(=O)N(C)C1=O. The van der Waals surface area contributed by atoms with Crippen molar-refractivity contribution in [1.82, 2.24) is 4.90 Å². The fourth-order valence-corrected chi connectivity index (χ4v) is 3.62. The molecule has 1 aromatic carbocycles. The fourth-order valence-electron chi connectivity index (χ4n) is 2.24. The Labute approximate surface area is 144 Å². The maximum Gasteiger partial charge on any atom is 0.500 e. The highest BCUT2D eigenvalue weighted by atomic mass is 32.2. The van der Waals surface area contributed by atoms with E-state index >= 15 is 0 Å². The minimum absolute atomic E-state index is 0.00986. The van der Waals surface area contributed by atoms with E-state index in [2.05, 4.69) is 4.72 Å². The van der Waals surface area contributed by atoms with Gasteiger partial charge in [0.15, 0.2) is 0 Å². The Balaban J connectivity index is 2.39. The second-order valence-corrected chi connectivity index (χ2v) is 7.08. The Morgan fingerprint density at radius 3 is 2.60 bits per heavy atom. The Morgan fingerprint density at radius 2 is 1.96 bits per heavy atom. The number of para-hydroxylation sites is 1. The van der Waals surface area contributed by atoms with E-state index in [1.807, 2.05) is 0 Å². The minimum Gasteiger partial charge on any atom is -0.462 e. The van der Waals surface area contributed by atoms with Crippen molar-refractivity contribution < 1.29 is 32.1 Å². The molecule has 0 spiro atoms. The number of rotatable bonds is 5. The van der Waals surface area contributed by atoms with E-state index in [9.17, 15) is 22.8 Å². The molecule has 0 saturated heterocycles. The Kier molecular flexibility index (Phi) is 5.21. The average Bonchev–Trinajstić information content (AvgIpc) is 2.56. The van der Waals surface area contributed by atoms with Crippen LogP contribution in [0.5, 0.6) is 0 Å². The van der Waals surface area contributed by atoms with Crippen LogP contribution < -0.4 is 4.72 Å². The molecule has 1 aliphatic heterocycles. The Morgan fingerprint density at radius 1 is 1.32 bits per heavy atom. The molecule has 1 atom stereocenters. The topological polar surface area (TPSA) is 113 Å². The van der Waals surface area contributed by atoms with Gasteiger partial charge >= 0.3 is 17.9 Å². The number of esters is 1. The molecule has 1 heterocycles. The zero-order valence-electron chi connectivity index (χ0n) is 13.9. The summed E-state index contributed by atoms with van der Waals surface area (Å²) in [5.41, 5.74) is 0.0123. The number of nitrogens with zero attached hydrogens (tertiary/aromatic N) is 2. The van der Waals surface area contributed by atoms with Gasteiger partial charge < -0.3 is 4.74 Å². The molecule has 1 unspecified atom stereocenters. The summed E-state index contributed by atoms with van der Waals surface area (Å²) in [6.45, 7) is 1.76. The number of urea groups is 1. The van der Waals surface area contributed by atoms with Crippen LogP contribution in [0.3, 0.4) is 0 Å². The summed E-state index contributed by atoms with van der Waals surface area (Å²) in [7, 11) is -1.70. The molecule has 0 radical (unpaired) electrons. The molecule has 0 aliphatic carbocycles. The molecule has 9 nitrogen and oxygen atoms in total. The maximum absolute atomic E-state index is 12.6. The first kappa shape index (κ1) is 18.6. The number of imide groups is 1. The van der Waals surface area contributed by atoms with E-state index in [-0.39, 0.29) is 17.9 Å². The third-order valence-electron chi connectivity index (χ3n) is 3.53. The number of hydrogen-bond acceptors (Lipinski definition) is 6. The smallest absolute Gasteiger partial charge is 0.462 e. The van der Waals surface area contributed by atoms with E-state index in [1.165, 1.54) is 32.3 Å². The Bertz CT molecular complexity index is 862. The number of amides is 3. The van der Waals surface area contributed by atoms with Gasteiger partial charge in [0, 0.05) is 0 Å². The van der Waals surface area contributed by atoms with Crippen molar-refractivity contribution in [2.45, 2.75) is 12.2 Å². The first-order chi connectivity index (χ1) is 11.7. The highest BCUT2D eigenvalue weighted by Crippen LogP contribution is 2.20. The van der Waals surface area contributed by atoms with Crippen LogP contribution in [0, 0.1) is 0 Å². The lowest BCUT2D eigenvalue weighted by Gasteiger charge is -2.20. The summed E-state index contributed by atoms with van der Waals surface area (Å²) in [6.07, 6.45) is 1.01. The number of carbonyl (C=O) groups is 3. The number of ether oxygens (including phenoxy) is 1. The van der Waals surface area contributed by atoms with Crippen molar-refractivity contribution >= 4 is 39.8 Å². The van der Waals surface area contributed by atoms with Gasteiger partial charge in [-0.3, -0.25) is 4.72 Å². The zero-order valence-corrected chi connectivity index (χ0v) is 14.7. The van der Waals surface area contributed by atoms with Crippen molar-refractivity contribution in [3.8, 4) is 0 Å². The number of hydrogen-bond donors (Lipinski definition) is 1. The van der Waals surface area contributed by atoms with Crippen molar-refractivity contribution in [3.63, 3.8) is 0 Å². The van der Waals surface area contributed by atoms with Gasteiger partial charge in [0.05, 0.1) is 32.0 Å². The molecular weight excluding hydrogens is 350 g/mol. The molecule has 134 valence electrons. The van der Waals surface area contributed by atoms with Crippen LogP contribution >= 0.6 is 0 Å². The standard InChI is InChI=1S/C15H17N3O6S/c1-4-24-14(20)10-7-5-6-8-11(10)16-25(22,23)12-9-17(2)15(21)18(3)13(12)19/h5-9,12H,4H2,1-3H3/p+1. The molecular formula is C15H18N3O6S+. The van der Waals surface area contributed by atoms with E-state index < -0.39 is 33.2 Å². The summed E-state index contributed by atoms with van der Waals surface area (Å²) in [5.74, 6) is -1.58. The van der Waals surface area contributed by atoms with Gasteiger partial charge in [-0.15, -0.1) is 0 Å². The van der Waals surface area contributed by atoms with E-state index in [0.717, 1.165) is 15.7 Å². The molecule has 0 fully saturated rings. The van der Waals surface area contributed by atoms with Gasteiger partial charge in [0.2, 0.25) is 5.25 Å². The molecule has 0 bridgehead atoms. The molecule has 10 heteroatoms. The third-order valence-corrected chi connectivity index (χ3v) is 5.03. The second kappa shape index (κ2) is 7.01. The predicted octanol–water partition coefficient (Wildman–Crippen LogP) is 0.279. The quantitative estimate of drug-likeness (QED) is 0.590. The first-order valence-electron chi connectivity index (χ1n) is 7.36. The summed E-state index contributed by atoms with van der Waals surface area (Å²) in [6, 6.07) is 5.25. The van der Waals surface area contributed by atoms with Gasteiger partial charge in [-0.1, -0.05) is 12.1 Å². The summed E-state index contributed by atoms with van der Waals surface area (Å²) >= 11 is 0. The molecule has 25 heavy (non-hydrogen) atoms. The van der Waals surface area contributed by atoms with Crippen molar-refractivity contribution in [2.75, 3.05) is 25.4 Å². The van der Waals surface area contributed by atoms with Crippen LogP contribution in [0.2, 0.25) is 0 Å². The van der Waals surface area contributed by atoms with Crippen LogP contribution in [0.25, 0.3) is 0 Å². The number of benzene rings is 1. The van der Waals surface area contributed by atoms with Crippen molar-refractivity contribution in [3.05, 3.63) is 29.8 Å². The van der Waals surface area contributed by atoms with Gasteiger partial charge in [-0.25, -0.2) is 22.6 Å². The highest BCUT2D eigenvalue weighted by Gasteiger charge is 2.46. The lowest BCUT2D eigenvalue weighted by molar-refractivity contribution is -0.399. The molecule has 3 amide bonds. The van der Waals surface area contributed by atoms with Crippen LogP contribution in [-0.2, 0) is 19.6 Å². The number of sulfonamides is 1. The zero-order chi connectivity index (χ0) is 18.8. The van der Waals surface area contributed by atoms with Crippen molar-refractivity contribution in [2.24, 2.45) is 0 Å². The highest BCUT2D eigenvalue weighted by molar-refractivity contribution is 7.94.